The molecular formula is C13H19N5O3. The number of carbonyl (C=O) groups is 1. The van der Waals surface area contributed by atoms with Gasteiger partial charge in [-0.05, 0) is 12.8 Å². The molecule has 1 aromatic rings. The molecule has 8 heteroatoms. The smallest absolute Gasteiger partial charge is 0.320 e. The average Bonchev–Trinajstić information content (AvgIpc) is 3.10. The van der Waals surface area contributed by atoms with Crippen LogP contribution in [0.1, 0.15) is 24.8 Å². The van der Waals surface area contributed by atoms with Gasteiger partial charge in [-0.1, -0.05) is 5.10 Å². The van der Waals surface area contributed by atoms with E-state index in [1.165, 1.54) is 0 Å². The molecule has 0 unspecified atom stereocenters. The van der Waals surface area contributed by atoms with Gasteiger partial charge in [0.25, 0.3) is 0 Å². The molecule has 0 aromatic carbocycles. The summed E-state index contributed by atoms with van der Waals surface area (Å²) >= 11 is 0. The van der Waals surface area contributed by atoms with Crippen molar-refractivity contribution < 1.29 is 13.9 Å². The lowest BCUT2D eigenvalue weighted by Crippen LogP contribution is -2.36. The van der Waals surface area contributed by atoms with Crippen molar-refractivity contribution in [3.05, 3.63) is 5.89 Å². The van der Waals surface area contributed by atoms with Gasteiger partial charge in [0.2, 0.25) is 5.89 Å². The molecule has 0 N–H and O–H groups in total. The Bertz CT molecular complexity index is 542. The fourth-order valence-electron chi connectivity index (χ4n) is 3.34. The zero-order chi connectivity index (χ0) is 14.4. The van der Waals surface area contributed by atoms with Gasteiger partial charge in [-0.3, -0.25) is 0 Å². The van der Waals surface area contributed by atoms with Crippen molar-refractivity contribution in [1.29, 1.82) is 0 Å². The zero-order valence-electron chi connectivity index (χ0n) is 12.1. The van der Waals surface area contributed by atoms with Crippen molar-refractivity contribution in [2.24, 2.45) is 0 Å². The predicted octanol–water partition coefficient (Wildman–Crippen LogP) is 0.477. The lowest BCUT2D eigenvalue weighted by molar-refractivity contribution is 0.119. The highest BCUT2D eigenvalue weighted by atomic mass is 16.5. The number of aromatic nitrogens is 2. The van der Waals surface area contributed by atoms with E-state index in [0.29, 0.717) is 31.2 Å². The minimum atomic E-state index is -0.0824. The fourth-order valence-corrected chi connectivity index (χ4v) is 3.34. The summed E-state index contributed by atoms with van der Waals surface area (Å²) < 4.78 is 11.2. The molecular weight excluding hydrogens is 274 g/mol. The number of nitrogens with zero attached hydrogens (tertiary/aromatic N) is 5. The number of fused-ring (bicyclic) bond motifs is 2. The molecule has 1 aromatic heterocycles. The van der Waals surface area contributed by atoms with Crippen LogP contribution in [0.2, 0.25) is 0 Å². The molecule has 3 aliphatic heterocycles. The highest BCUT2D eigenvalue weighted by molar-refractivity contribution is 5.77. The van der Waals surface area contributed by atoms with E-state index in [4.69, 9.17) is 9.15 Å². The number of urea groups is 1. The largest absolute Gasteiger partial charge is 0.406 e. The van der Waals surface area contributed by atoms with Crippen molar-refractivity contribution in [1.82, 2.24) is 20.0 Å². The Morgan fingerprint density at radius 1 is 1.19 bits per heavy atom. The number of likely N-dealkylation sites (N-methyl/N-ethyl adjacent to an activating group) is 1. The van der Waals surface area contributed by atoms with Gasteiger partial charge >= 0.3 is 12.0 Å². The van der Waals surface area contributed by atoms with E-state index < -0.39 is 0 Å². The molecule has 3 aliphatic rings. The van der Waals surface area contributed by atoms with E-state index in [0.717, 1.165) is 32.5 Å². The third kappa shape index (κ3) is 2.05. The molecule has 114 valence electrons. The molecule has 0 aliphatic carbocycles. The summed E-state index contributed by atoms with van der Waals surface area (Å²) in [5.74, 6) is 0.554. The Labute approximate surface area is 122 Å². The van der Waals surface area contributed by atoms with E-state index in [1.807, 2.05) is 21.7 Å². The van der Waals surface area contributed by atoms with Crippen LogP contribution in [0.4, 0.5) is 10.8 Å². The van der Waals surface area contributed by atoms with Crippen molar-refractivity contribution in [2.75, 3.05) is 44.8 Å². The second-order valence-electron chi connectivity index (χ2n) is 5.82. The highest BCUT2D eigenvalue weighted by Crippen LogP contribution is 2.37. The molecule has 3 saturated heterocycles. The molecule has 2 amide bonds. The van der Waals surface area contributed by atoms with E-state index >= 15 is 0 Å². The second-order valence-corrected chi connectivity index (χ2v) is 5.82. The number of piperidine rings is 1. The summed E-state index contributed by atoms with van der Waals surface area (Å²) in [6.07, 6.45) is 1.87. The topological polar surface area (TPSA) is 74.9 Å². The van der Waals surface area contributed by atoms with Crippen LogP contribution in [0.5, 0.6) is 0 Å². The number of carbonyl (C=O) groups excluding carboxylic acids is 1. The van der Waals surface area contributed by atoms with Crippen LogP contribution in [-0.2, 0) is 4.74 Å². The van der Waals surface area contributed by atoms with Gasteiger partial charge in [-0.2, -0.15) is 0 Å². The van der Waals surface area contributed by atoms with Gasteiger partial charge in [0, 0.05) is 26.7 Å². The molecule has 21 heavy (non-hydrogen) atoms. The number of anilines is 1. The molecule has 0 spiro atoms. The molecule has 2 atom stereocenters. The Morgan fingerprint density at radius 3 is 2.81 bits per heavy atom. The van der Waals surface area contributed by atoms with Crippen LogP contribution in [0.15, 0.2) is 4.42 Å². The van der Waals surface area contributed by atoms with Crippen LogP contribution in [-0.4, -0.2) is 72.0 Å². The van der Waals surface area contributed by atoms with Crippen molar-refractivity contribution >= 4 is 12.0 Å². The normalized spacial score (nSPS) is 29.4. The molecule has 8 nitrogen and oxygen atoms in total. The maximum absolute atomic E-state index is 12.2. The first-order valence-electron chi connectivity index (χ1n) is 7.43. The molecule has 0 radical (unpaired) electrons. The Hall–Kier alpha value is -1.83. The van der Waals surface area contributed by atoms with Crippen molar-refractivity contribution in [3.63, 3.8) is 0 Å². The number of rotatable bonds is 2. The summed E-state index contributed by atoms with van der Waals surface area (Å²) in [7, 11) is 1.86. The zero-order valence-corrected chi connectivity index (χ0v) is 12.1. The van der Waals surface area contributed by atoms with Gasteiger partial charge in [-0.15, -0.1) is 5.10 Å². The Kier molecular flexibility index (Phi) is 2.99. The Morgan fingerprint density at radius 2 is 2.00 bits per heavy atom. The first kappa shape index (κ1) is 12.9. The molecule has 0 saturated carbocycles. The third-order valence-corrected chi connectivity index (χ3v) is 4.65. The second kappa shape index (κ2) is 4.87. The number of hydrogen-bond donors (Lipinski definition) is 0. The van der Waals surface area contributed by atoms with Crippen LogP contribution in [0, 0.1) is 0 Å². The van der Waals surface area contributed by atoms with Crippen LogP contribution < -0.4 is 4.90 Å². The minimum absolute atomic E-state index is 0.0635. The summed E-state index contributed by atoms with van der Waals surface area (Å²) in [6.45, 7) is 3.64. The lowest BCUT2D eigenvalue weighted by atomic mass is 10.0. The minimum Gasteiger partial charge on any atom is -0.406 e. The first-order valence-corrected chi connectivity index (χ1v) is 7.43. The van der Waals surface area contributed by atoms with E-state index in [-0.39, 0.29) is 12.1 Å². The number of amides is 2. The molecule has 2 bridgehead atoms. The number of morpholine rings is 1. The number of ether oxygens (including phenoxy) is 1. The van der Waals surface area contributed by atoms with Crippen molar-refractivity contribution in [2.45, 2.75) is 24.9 Å². The summed E-state index contributed by atoms with van der Waals surface area (Å²) in [5.41, 5.74) is 0. The fraction of sp³-hybridized carbons (Fsp3) is 0.769. The summed E-state index contributed by atoms with van der Waals surface area (Å²) in [4.78, 5) is 17.9. The van der Waals surface area contributed by atoms with Crippen molar-refractivity contribution in [3.8, 4) is 0 Å². The van der Waals surface area contributed by atoms with Gasteiger partial charge in [0.15, 0.2) is 0 Å². The van der Waals surface area contributed by atoms with Crippen LogP contribution in [0.25, 0.3) is 0 Å². The SMILES string of the molecule is CN1C(=O)N2C[C@H]1CC[C@H]2c1nnc(N2CCOCC2)o1. The van der Waals surface area contributed by atoms with Gasteiger partial charge < -0.3 is 23.9 Å². The summed E-state index contributed by atoms with van der Waals surface area (Å²) in [6, 6.07) is 0.848. The standard InChI is InChI=1S/C13H19N5O3/c1-16-9-2-3-10(18(8-9)13(16)19)11-14-15-12(21-11)17-4-6-20-7-5-17/h9-10H,2-8H2,1H3/t9-,10+/m1/s1. The van der Waals surface area contributed by atoms with Crippen LogP contribution in [0.3, 0.4) is 0 Å². The van der Waals surface area contributed by atoms with E-state index in [9.17, 15) is 4.79 Å². The number of hydrogen-bond acceptors (Lipinski definition) is 6. The summed E-state index contributed by atoms with van der Waals surface area (Å²) in [5, 5.41) is 8.32. The maximum atomic E-state index is 12.2. The molecule has 4 rings (SSSR count). The van der Waals surface area contributed by atoms with E-state index in [1.54, 1.807) is 0 Å². The van der Waals surface area contributed by atoms with Gasteiger partial charge in [0.1, 0.15) is 6.04 Å². The Balaban J connectivity index is 1.54. The van der Waals surface area contributed by atoms with Gasteiger partial charge in [-0.25, -0.2) is 4.79 Å². The monoisotopic (exact) mass is 293 g/mol. The van der Waals surface area contributed by atoms with Crippen LogP contribution >= 0.6 is 0 Å². The highest BCUT2D eigenvalue weighted by Gasteiger charge is 2.45. The van der Waals surface area contributed by atoms with E-state index in [2.05, 4.69) is 10.2 Å². The average molecular weight is 293 g/mol. The van der Waals surface area contributed by atoms with Gasteiger partial charge in [0.05, 0.1) is 19.3 Å². The maximum Gasteiger partial charge on any atom is 0.320 e. The lowest BCUT2D eigenvalue weighted by Gasteiger charge is -2.28. The third-order valence-electron chi connectivity index (χ3n) is 4.65. The first-order chi connectivity index (χ1) is 10.2. The molecule has 3 fully saturated rings. The quantitative estimate of drug-likeness (QED) is 0.789. The predicted molar refractivity (Wildman–Crippen MR) is 73.0 cm³/mol. The molecule has 4 heterocycles.